The van der Waals surface area contributed by atoms with Crippen molar-refractivity contribution in [1.82, 2.24) is 9.97 Å². The second-order valence-electron chi connectivity index (χ2n) is 4.14. The first-order chi connectivity index (χ1) is 9.20. The van der Waals surface area contributed by atoms with Crippen molar-refractivity contribution in [1.29, 1.82) is 0 Å². The summed E-state index contributed by atoms with van der Waals surface area (Å²) in [6, 6.07) is 6.41. The second kappa shape index (κ2) is 6.52. The van der Waals surface area contributed by atoms with Crippen LogP contribution in [0.1, 0.15) is 18.9 Å². The highest BCUT2D eigenvalue weighted by Crippen LogP contribution is 2.30. The van der Waals surface area contributed by atoms with Gasteiger partial charge in [0.2, 0.25) is 0 Å². The molecule has 0 spiro atoms. The fourth-order valence-corrected chi connectivity index (χ4v) is 2.42. The van der Waals surface area contributed by atoms with E-state index in [9.17, 15) is 4.39 Å². The zero-order valence-corrected chi connectivity index (χ0v) is 11.8. The molecule has 2 rings (SSSR count). The largest absolute Gasteiger partial charge is 0.370 e. The van der Waals surface area contributed by atoms with Gasteiger partial charge in [-0.15, -0.1) is 0 Å². The lowest BCUT2D eigenvalue weighted by molar-refractivity contribution is 0.626. The Labute approximate surface area is 116 Å². The van der Waals surface area contributed by atoms with Crippen LogP contribution in [0.2, 0.25) is 0 Å². The Bertz CT molecular complexity index is 543. The number of benzene rings is 1. The molecule has 0 unspecified atom stereocenters. The highest BCUT2D eigenvalue weighted by Gasteiger charge is 2.08. The molecular weight excluding hydrogens is 261 g/mol. The molecule has 0 bridgehead atoms. The van der Waals surface area contributed by atoms with E-state index in [4.69, 9.17) is 0 Å². The van der Waals surface area contributed by atoms with Gasteiger partial charge in [-0.25, -0.2) is 14.4 Å². The lowest BCUT2D eigenvalue weighted by Crippen LogP contribution is -2.05. The summed E-state index contributed by atoms with van der Waals surface area (Å²) in [5.41, 5.74) is 1.02. The van der Waals surface area contributed by atoms with Crippen LogP contribution in [0.3, 0.4) is 0 Å². The van der Waals surface area contributed by atoms with Gasteiger partial charge in [0.05, 0.1) is 0 Å². The summed E-state index contributed by atoms with van der Waals surface area (Å²) in [5, 5.41) is 4.16. The van der Waals surface area contributed by atoms with Crippen LogP contribution < -0.4 is 5.32 Å². The lowest BCUT2D eigenvalue weighted by atomic mass is 10.3. The third-order valence-corrected chi connectivity index (χ3v) is 3.72. The molecule has 1 aromatic heterocycles. The van der Waals surface area contributed by atoms with Gasteiger partial charge in [-0.05, 0) is 37.6 Å². The molecule has 1 aromatic carbocycles. The zero-order chi connectivity index (χ0) is 13.7. The van der Waals surface area contributed by atoms with E-state index >= 15 is 0 Å². The first kappa shape index (κ1) is 13.8. The van der Waals surface area contributed by atoms with E-state index in [1.807, 2.05) is 6.92 Å². The van der Waals surface area contributed by atoms with Crippen molar-refractivity contribution in [2.75, 3.05) is 11.9 Å². The quantitative estimate of drug-likeness (QED) is 0.841. The molecule has 0 aliphatic rings. The standard InChI is InChI=1S/C14H16FN3S/c1-3-8-16-13-10(2)14(18-9-17-13)19-12-6-4-11(15)5-7-12/h4-7,9H,3,8H2,1-2H3,(H,16,17,18). The summed E-state index contributed by atoms with van der Waals surface area (Å²) in [6.45, 7) is 4.99. The minimum absolute atomic E-state index is 0.228. The van der Waals surface area contributed by atoms with Crippen LogP contribution in [0.15, 0.2) is 40.5 Å². The highest BCUT2D eigenvalue weighted by molar-refractivity contribution is 7.99. The van der Waals surface area contributed by atoms with Crippen molar-refractivity contribution >= 4 is 17.6 Å². The first-order valence-corrected chi connectivity index (χ1v) is 7.01. The minimum atomic E-state index is -0.228. The Morgan fingerprint density at radius 1 is 1.21 bits per heavy atom. The fourth-order valence-electron chi connectivity index (χ4n) is 1.57. The van der Waals surface area contributed by atoms with Gasteiger partial charge < -0.3 is 5.32 Å². The summed E-state index contributed by atoms with van der Waals surface area (Å²) < 4.78 is 12.9. The van der Waals surface area contributed by atoms with E-state index in [0.29, 0.717) is 0 Å². The van der Waals surface area contributed by atoms with E-state index in [1.54, 1.807) is 18.5 Å². The molecule has 0 aliphatic heterocycles. The summed E-state index contributed by atoms with van der Waals surface area (Å²) in [6.07, 6.45) is 2.60. The number of nitrogens with one attached hydrogen (secondary N) is 1. The number of halogens is 1. The molecule has 0 aliphatic carbocycles. The Balaban J connectivity index is 2.18. The Morgan fingerprint density at radius 3 is 2.63 bits per heavy atom. The van der Waals surface area contributed by atoms with Crippen molar-refractivity contribution in [3.8, 4) is 0 Å². The minimum Gasteiger partial charge on any atom is -0.370 e. The van der Waals surface area contributed by atoms with Crippen molar-refractivity contribution in [2.45, 2.75) is 30.2 Å². The van der Waals surface area contributed by atoms with Crippen LogP contribution in [0, 0.1) is 12.7 Å². The molecule has 0 amide bonds. The summed E-state index contributed by atoms with van der Waals surface area (Å²) in [5.74, 6) is 0.635. The summed E-state index contributed by atoms with van der Waals surface area (Å²) >= 11 is 1.51. The fraction of sp³-hybridized carbons (Fsp3) is 0.286. The van der Waals surface area contributed by atoms with Crippen LogP contribution in [-0.4, -0.2) is 16.5 Å². The molecule has 0 radical (unpaired) electrons. The number of hydrogen-bond acceptors (Lipinski definition) is 4. The number of nitrogens with zero attached hydrogens (tertiary/aromatic N) is 2. The molecule has 0 saturated heterocycles. The van der Waals surface area contributed by atoms with Gasteiger partial charge in [0.15, 0.2) is 0 Å². The number of hydrogen-bond donors (Lipinski definition) is 1. The average Bonchev–Trinajstić information content (AvgIpc) is 2.42. The molecule has 0 saturated carbocycles. The van der Waals surface area contributed by atoms with Crippen LogP contribution >= 0.6 is 11.8 Å². The molecule has 1 heterocycles. The van der Waals surface area contributed by atoms with E-state index in [1.165, 1.54) is 23.9 Å². The first-order valence-electron chi connectivity index (χ1n) is 6.19. The van der Waals surface area contributed by atoms with Gasteiger partial charge in [0.1, 0.15) is 23.0 Å². The summed E-state index contributed by atoms with van der Waals surface area (Å²) in [4.78, 5) is 9.48. The molecule has 3 nitrogen and oxygen atoms in total. The van der Waals surface area contributed by atoms with Crippen molar-refractivity contribution in [3.63, 3.8) is 0 Å². The van der Waals surface area contributed by atoms with Gasteiger partial charge in [-0.1, -0.05) is 18.7 Å². The summed E-state index contributed by atoms with van der Waals surface area (Å²) in [7, 11) is 0. The molecule has 1 N–H and O–H groups in total. The van der Waals surface area contributed by atoms with Gasteiger partial charge in [-0.3, -0.25) is 0 Å². The molecule has 2 aromatic rings. The number of aromatic nitrogens is 2. The van der Waals surface area contributed by atoms with Crippen molar-refractivity contribution in [3.05, 3.63) is 42.0 Å². The highest BCUT2D eigenvalue weighted by atomic mass is 32.2. The van der Waals surface area contributed by atoms with Gasteiger partial charge in [0.25, 0.3) is 0 Å². The van der Waals surface area contributed by atoms with Gasteiger partial charge in [0, 0.05) is 17.0 Å². The zero-order valence-electron chi connectivity index (χ0n) is 11.0. The van der Waals surface area contributed by atoms with Crippen molar-refractivity contribution in [2.24, 2.45) is 0 Å². The lowest BCUT2D eigenvalue weighted by Gasteiger charge is -2.10. The number of anilines is 1. The molecule has 100 valence electrons. The predicted octanol–water partition coefficient (Wildman–Crippen LogP) is 3.90. The maximum absolute atomic E-state index is 12.9. The topological polar surface area (TPSA) is 37.8 Å². The maximum atomic E-state index is 12.9. The van der Waals surface area contributed by atoms with Gasteiger partial charge >= 0.3 is 0 Å². The van der Waals surface area contributed by atoms with E-state index in [2.05, 4.69) is 22.2 Å². The van der Waals surface area contributed by atoms with E-state index in [-0.39, 0.29) is 5.82 Å². The molecule has 0 fully saturated rings. The molecule has 0 atom stereocenters. The van der Waals surface area contributed by atoms with Crippen LogP contribution in [-0.2, 0) is 0 Å². The smallest absolute Gasteiger partial charge is 0.133 e. The maximum Gasteiger partial charge on any atom is 0.133 e. The predicted molar refractivity (Wildman–Crippen MR) is 76.1 cm³/mol. The molecule has 5 heteroatoms. The molecular formula is C14H16FN3S. The third-order valence-electron chi connectivity index (χ3n) is 2.61. The Hall–Kier alpha value is -1.62. The van der Waals surface area contributed by atoms with Gasteiger partial charge in [-0.2, -0.15) is 0 Å². The van der Waals surface area contributed by atoms with Crippen LogP contribution in [0.4, 0.5) is 10.2 Å². The van der Waals surface area contributed by atoms with E-state index in [0.717, 1.165) is 34.3 Å². The monoisotopic (exact) mass is 277 g/mol. The Morgan fingerprint density at radius 2 is 1.95 bits per heavy atom. The normalized spacial score (nSPS) is 10.5. The average molecular weight is 277 g/mol. The van der Waals surface area contributed by atoms with E-state index < -0.39 is 0 Å². The second-order valence-corrected chi connectivity index (χ2v) is 5.20. The van der Waals surface area contributed by atoms with Crippen LogP contribution in [0.25, 0.3) is 0 Å². The third kappa shape index (κ3) is 3.67. The number of rotatable bonds is 5. The Kier molecular flexibility index (Phi) is 4.74. The SMILES string of the molecule is CCCNc1ncnc(Sc2ccc(F)cc2)c1C. The van der Waals surface area contributed by atoms with Crippen LogP contribution in [0.5, 0.6) is 0 Å². The van der Waals surface area contributed by atoms with Crippen molar-refractivity contribution < 1.29 is 4.39 Å². The molecule has 19 heavy (non-hydrogen) atoms.